The molecule has 0 bridgehead atoms. The second kappa shape index (κ2) is 5.93. The zero-order valence-corrected chi connectivity index (χ0v) is 12.1. The van der Waals surface area contributed by atoms with Crippen LogP contribution in [0.1, 0.15) is 5.56 Å². The Hall–Kier alpha value is -1.14. The summed E-state index contributed by atoms with van der Waals surface area (Å²) in [6.07, 6.45) is 1.09. The van der Waals surface area contributed by atoms with Crippen molar-refractivity contribution in [1.29, 1.82) is 0 Å². The number of nitrogens with zero attached hydrogens (tertiary/aromatic N) is 1. The SMILES string of the molecule is c1cc(COCC2CO2)cc(N(CC2CO2)CC2CO2)c1. The Morgan fingerprint density at radius 3 is 2.29 bits per heavy atom. The predicted octanol–water partition coefficient (Wildman–Crippen LogP) is 1.21. The first-order valence-electron chi connectivity index (χ1n) is 7.63. The van der Waals surface area contributed by atoms with Gasteiger partial charge in [0.1, 0.15) is 6.10 Å². The first-order chi connectivity index (χ1) is 10.4. The van der Waals surface area contributed by atoms with E-state index < -0.39 is 0 Å². The standard InChI is InChI=1S/C16H21NO4/c1-2-12(7-18-8-16-11-21-16)4-13(3-1)17(5-14-9-19-14)6-15-10-20-15/h1-4,14-16H,5-11H2. The molecule has 5 nitrogen and oxygen atoms in total. The lowest BCUT2D eigenvalue weighted by Gasteiger charge is -2.23. The summed E-state index contributed by atoms with van der Waals surface area (Å²) in [6, 6.07) is 8.56. The Labute approximate surface area is 124 Å². The summed E-state index contributed by atoms with van der Waals surface area (Å²) in [6.45, 7) is 5.83. The van der Waals surface area contributed by atoms with Crippen molar-refractivity contribution in [1.82, 2.24) is 0 Å². The van der Waals surface area contributed by atoms with E-state index in [1.165, 1.54) is 11.3 Å². The highest BCUT2D eigenvalue weighted by Gasteiger charge is 2.31. The average molecular weight is 291 g/mol. The Bertz CT molecular complexity index is 469. The van der Waals surface area contributed by atoms with Crippen molar-refractivity contribution in [2.75, 3.05) is 44.4 Å². The molecule has 0 saturated carbocycles. The first-order valence-corrected chi connectivity index (χ1v) is 7.63. The van der Waals surface area contributed by atoms with Crippen LogP contribution in [0.2, 0.25) is 0 Å². The minimum absolute atomic E-state index is 0.323. The maximum atomic E-state index is 5.67. The third-order valence-corrected chi connectivity index (χ3v) is 3.90. The number of rotatable bonds is 9. The Kier molecular flexibility index (Phi) is 3.82. The van der Waals surface area contributed by atoms with Gasteiger partial charge in [-0.15, -0.1) is 0 Å². The molecule has 1 aromatic rings. The topological polar surface area (TPSA) is 50.1 Å². The maximum Gasteiger partial charge on any atom is 0.104 e. The van der Waals surface area contributed by atoms with Crippen molar-refractivity contribution < 1.29 is 18.9 Å². The van der Waals surface area contributed by atoms with E-state index in [9.17, 15) is 0 Å². The fraction of sp³-hybridized carbons (Fsp3) is 0.625. The molecule has 3 fully saturated rings. The van der Waals surface area contributed by atoms with Crippen molar-refractivity contribution in [2.24, 2.45) is 0 Å². The molecule has 3 unspecified atom stereocenters. The van der Waals surface area contributed by atoms with Crippen LogP contribution < -0.4 is 4.90 Å². The molecule has 21 heavy (non-hydrogen) atoms. The molecule has 0 N–H and O–H groups in total. The smallest absolute Gasteiger partial charge is 0.104 e. The maximum absolute atomic E-state index is 5.67. The summed E-state index contributed by atoms with van der Waals surface area (Å²) in [5, 5.41) is 0. The summed E-state index contributed by atoms with van der Waals surface area (Å²) in [5.74, 6) is 0. The van der Waals surface area contributed by atoms with Crippen molar-refractivity contribution in [2.45, 2.75) is 24.9 Å². The van der Waals surface area contributed by atoms with Crippen LogP contribution in [0.3, 0.4) is 0 Å². The predicted molar refractivity (Wildman–Crippen MR) is 77.5 cm³/mol. The van der Waals surface area contributed by atoms with Crippen LogP contribution in [0.25, 0.3) is 0 Å². The van der Waals surface area contributed by atoms with Gasteiger partial charge in [0.2, 0.25) is 0 Å². The van der Waals surface area contributed by atoms with Gasteiger partial charge in [-0.25, -0.2) is 0 Å². The van der Waals surface area contributed by atoms with Gasteiger partial charge in [-0.2, -0.15) is 0 Å². The molecule has 5 heteroatoms. The van der Waals surface area contributed by atoms with E-state index in [4.69, 9.17) is 18.9 Å². The van der Waals surface area contributed by atoms with Gasteiger partial charge in [-0.1, -0.05) is 12.1 Å². The van der Waals surface area contributed by atoms with Crippen LogP contribution >= 0.6 is 0 Å². The third-order valence-electron chi connectivity index (χ3n) is 3.90. The number of ether oxygens (including phenoxy) is 4. The largest absolute Gasteiger partial charge is 0.374 e. The number of hydrogen-bond acceptors (Lipinski definition) is 5. The van der Waals surface area contributed by atoms with Crippen molar-refractivity contribution >= 4 is 5.69 Å². The number of epoxide rings is 3. The molecule has 4 rings (SSSR count). The highest BCUT2D eigenvalue weighted by molar-refractivity contribution is 5.49. The minimum Gasteiger partial charge on any atom is -0.374 e. The molecule has 0 aromatic heterocycles. The normalized spacial score (nSPS) is 29.2. The van der Waals surface area contributed by atoms with E-state index >= 15 is 0 Å². The van der Waals surface area contributed by atoms with Crippen molar-refractivity contribution in [3.8, 4) is 0 Å². The Morgan fingerprint density at radius 2 is 1.67 bits per heavy atom. The zero-order chi connectivity index (χ0) is 14.1. The first kappa shape index (κ1) is 13.5. The molecule has 1 aromatic carbocycles. The van der Waals surface area contributed by atoms with Gasteiger partial charge in [-0.3, -0.25) is 0 Å². The molecule has 0 aliphatic carbocycles. The number of anilines is 1. The van der Waals surface area contributed by atoms with Crippen LogP contribution in [0.15, 0.2) is 24.3 Å². The second-order valence-electron chi connectivity index (χ2n) is 5.96. The summed E-state index contributed by atoms with van der Waals surface area (Å²) < 4.78 is 21.6. The van der Waals surface area contributed by atoms with Crippen LogP contribution in [-0.4, -0.2) is 57.8 Å². The molecule has 0 amide bonds. The molecule has 0 spiro atoms. The fourth-order valence-corrected chi connectivity index (χ4v) is 2.44. The van der Waals surface area contributed by atoms with Gasteiger partial charge in [0.25, 0.3) is 0 Å². The molecule has 3 saturated heterocycles. The van der Waals surface area contributed by atoms with Crippen molar-refractivity contribution in [3.05, 3.63) is 29.8 Å². The van der Waals surface area contributed by atoms with Gasteiger partial charge in [0, 0.05) is 18.8 Å². The van der Waals surface area contributed by atoms with E-state index in [1.807, 2.05) is 0 Å². The fourth-order valence-electron chi connectivity index (χ4n) is 2.44. The molecule has 3 aliphatic heterocycles. The van der Waals surface area contributed by atoms with Crippen LogP contribution in [0.4, 0.5) is 5.69 Å². The summed E-state index contributed by atoms with van der Waals surface area (Å²) in [4.78, 5) is 2.36. The van der Waals surface area contributed by atoms with Gasteiger partial charge in [0.05, 0.1) is 45.2 Å². The van der Waals surface area contributed by atoms with Crippen LogP contribution in [-0.2, 0) is 25.6 Å². The Morgan fingerprint density at radius 1 is 1.00 bits per heavy atom. The van der Waals surface area contributed by atoms with Gasteiger partial charge in [-0.05, 0) is 17.7 Å². The molecule has 3 aliphatic rings. The van der Waals surface area contributed by atoms with E-state index in [2.05, 4.69) is 29.2 Å². The molecule has 0 radical (unpaired) electrons. The van der Waals surface area contributed by atoms with E-state index in [0.29, 0.717) is 31.5 Å². The van der Waals surface area contributed by atoms with E-state index in [1.54, 1.807) is 0 Å². The van der Waals surface area contributed by atoms with Crippen molar-refractivity contribution in [3.63, 3.8) is 0 Å². The van der Waals surface area contributed by atoms with E-state index in [-0.39, 0.29) is 0 Å². The molecule has 3 heterocycles. The lowest BCUT2D eigenvalue weighted by atomic mass is 10.2. The molecular formula is C16H21NO4. The Balaban J connectivity index is 1.37. The summed E-state index contributed by atoms with van der Waals surface area (Å²) in [5.41, 5.74) is 2.43. The lowest BCUT2D eigenvalue weighted by Crippen LogP contribution is -2.31. The quantitative estimate of drug-likeness (QED) is 0.640. The monoisotopic (exact) mass is 291 g/mol. The molecular weight excluding hydrogens is 270 g/mol. The summed E-state index contributed by atoms with van der Waals surface area (Å²) in [7, 11) is 0. The minimum atomic E-state index is 0.323. The highest BCUT2D eigenvalue weighted by Crippen LogP contribution is 2.23. The van der Waals surface area contributed by atoms with Gasteiger partial charge < -0.3 is 23.8 Å². The lowest BCUT2D eigenvalue weighted by molar-refractivity contribution is 0.104. The highest BCUT2D eigenvalue weighted by atomic mass is 16.6. The van der Waals surface area contributed by atoms with Crippen LogP contribution in [0, 0.1) is 0 Å². The summed E-state index contributed by atoms with van der Waals surface area (Å²) >= 11 is 0. The molecule has 114 valence electrons. The van der Waals surface area contributed by atoms with Gasteiger partial charge in [0.15, 0.2) is 0 Å². The zero-order valence-electron chi connectivity index (χ0n) is 12.1. The second-order valence-corrected chi connectivity index (χ2v) is 5.96. The van der Waals surface area contributed by atoms with Crippen LogP contribution in [0.5, 0.6) is 0 Å². The number of hydrogen-bond donors (Lipinski definition) is 0. The van der Waals surface area contributed by atoms with E-state index in [0.717, 1.165) is 32.9 Å². The third kappa shape index (κ3) is 4.17. The number of benzene rings is 1. The average Bonchev–Trinajstić information content (AvgIpc) is 3.35. The van der Waals surface area contributed by atoms with Gasteiger partial charge >= 0.3 is 0 Å². The molecule has 3 atom stereocenters.